The highest BCUT2D eigenvalue weighted by molar-refractivity contribution is 5.81. The second-order valence-corrected chi connectivity index (χ2v) is 9.97. The van der Waals surface area contributed by atoms with E-state index in [1.807, 2.05) is 36.4 Å². The molecule has 0 aliphatic carbocycles. The zero-order valence-corrected chi connectivity index (χ0v) is 21.0. The summed E-state index contributed by atoms with van der Waals surface area (Å²) in [4.78, 5) is 24.7. The number of esters is 1. The Balaban J connectivity index is 1.38. The fourth-order valence-electron chi connectivity index (χ4n) is 4.54. The van der Waals surface area contributed by atoms with Gasteiger partial charge in [-0.05, 0) is 53.1 Å². The van der Waals surface area contributed by atoms with Crippen LogP contribution in [0.15, 0.2) is 55.1 Å². The number of nitrogens with zero attached hydrogens (tertiary/aromatic N) is 1. The maximum absolute atomic E-state index is 12.7. The number of aliphatic hydroxyl groups is 1. The van der Waals surface area contributed by atoms with E-state index in [1.165, 1.54) is 6.08 Å². The lowest BCUT2D eigenvalue weighted by molar-refractivity contribution is -0.136. The summed E-state index contributed by atoms with van der Waals surface area (Å²) < 4.78 is 11.1. The van der Waals surface area contributed by atoms with E-state index in [2.05, 4.69) is 36.3 Å². The Kier molecular flexibility index (Phi) is 8.39. The monoisotopic (exact) mass is 503 g/mol. The highest BCUT2D eigenvalue weighted by atomic mass is 16.5. The molecule has 1 amide bonds. The zero-order chi connectivity index (χ0) is 26.4. The number of carbonyl (C=O) groups is 2. The Morgan fingerprint density at radius 2 is 2.08 bits per heavy atom. The number of benzene rings is 2. The third-order valence-corrected chi connectivity index (χ3v) is 6.87. The predicted molar refractivity (Wildman–Crippen MR) is 139 cm³/mol. The zero-order valence-electron chi connectivity index (χ0n) is 21.0. The molecule has 1 unspecified atom stereocenters. The molecule has 2 aliphatic rings. The standard InChI is InChI=1S/C29H33N3O5/c1-3-29(35)17-31-16-26(36-18-29)28(34)32-24(15-30)13-20-5-8-21(9-6-20)22-10-11-25-23(14-22)7-4-19(2)12-27(33)37-25/h3,5-6,8-11,14,19,24,26,31,35H,1,4,7,12-13,16-18H2,2H3,(H,32,34)/t19?,24-,26-,29-/m0/s1. The summed E-state index contributed by atoms with van der Waals surface area (Å²) in [6.07, 6.45) is 3.15. The smallest absolute Gasteiger partial charge is 0.311 e. The highest BCUT2D eigenvalue weighted by Gasteiger charge is 2.32. The van der Waals surface area contributed by atoms with Crippen molar-refractivity contribution in [1.82, 2.24) is 10.6 Å². The molecule has 0 radical (unpaired) electrons. The van der Waals surface area contributed by atoms with Gasteiger partial charge in [-0.3, -0.25) is 9.59 Å². The summed E-state index contributed by atoms with van der Waals surface area (Å²) in [5.74, 6) is 0.328. The molecule has 0 bridgehead atoms. The molecule has 4 atom stereocenters. The van der Waals surface area contributed by atoms with Crippen molar-refractivity contribution in [2.75, 3.05) is 19.7 Å². The maximum atomic E-state index is 12.7. The number of nitrogens with one attached hydrogen (secondary N) is 2. The molecule has 194 valence electrons. The van der Waals surface area contributed by atoms with E-state index in [1.54, 1.807) is 0 Å². The minimum absolute atomic E-state index is 0.0512. The number of β-amino-alcohol motifs (C(OH)–C–C–N with tert-alkyl or cyclic N) is 1. The highest BCUT2D eigenvalue weighted by Crippen LogP contribution is 2.31. The molecule has 4 rings (SSSR count). The SMILES string of the molecule is C=C[C@]1(O)CNC[C@@H](C(=O)N[C@H](C#N)Cc2ccc(-c3ccc4c(c3)CCC(C)CC(=O)O4)cc2)OC1. The van der Waals surface area contributed by atoms with Gasteiger partial charge in [0.05, 0.1) is 12.7 Å². The Hall–Kier alpha value is -3.51. The third-order valence-electron chi connectivity index (χ3n) is 6.87. The van der Waals surface area contributed by atoms with E-state index in [0.717, 1.165) is 35.1 Å². The van der Waals surface area contributed by atoms with Crippen LogP contribution in [0.3, 0.4) is 0 Å². The van der Waals surface area contributed by atoms with Crippen LogP contribution in [-0.2, 0) is 27.2 Å². The number of aryl methyl sites for hydroxylation is 1. The second kappa shape index (κ2) is 11.7. The van der Waals surface area contributed by atoms with Gasteiger partial charge in [-0.25, -0.2) is 0 Å². The minimum Gasteiger partial charge on any atom is -0.426 e. The molecule has 0 saturated carbocycles. The van der Waals surface area contributed by atoms with Gasteiger partial charge in [0.1, 0.15) is 23.5 Å². The number of hydrogen-bond donors (Lipinski definition) is 3. The lowest BCUT2D eigenvalue weighted by Crippen LogP contribution is -2.46. The van der Waals surface area contributed by atoms with Crippen molar-refractivity contribution in [3.8, 4) is 22.9 Å². The first kappa shape index (κ1) is 26.6. The number of carbonyl (C=O) groups excluding carboxylic acids is 2. The van der Waals surface area contributed by atoms with Gasteiger partial charge in [0.2, 0.25) is 0 Å². The summed E-state index contributed by atoms with van der Waals surface area (Å²) in [6.45, 7) is 6.08. The Morgan fingerprint density at radius 1 is 1.32 bits per heavy atom. The van der Waals surface area contributed by atoms with Gasteiger partial charge in [0, 0.05) is 25.9 Å². The molecule has 3 N–H and O–H groups in total. The van der Waals surface area contributed by atoms with Crippen LogP contribution < -0.4 is 15.4 Å². The number of nitriles is 1. The van der Waals surface area contributed by atoms with Crippen molar-refractivity contribution in [3.63, 3.8) is 0 Å². The van der Waals surface area contributed by atoms with Crippen molar-refractivity contribution >= 4 is 11.9 Å². The largest absolute Gasteiger partial charge is 0.426 e. The van der Waals surface area contributed by atoms with Crippen LogP contribution in [0.25, 0.3) is 11.1 Å². The van der Waals surface area contributed by atoms with Gasteiger partial charge in [-0.1, -0.05) is 43.3 Å². The first-order valence-electron chi connectivity index (χ1n) is 12.6. The summed E-state index contributed by atoms with van der Waals surface area (Å²) in [5.41, 5.74) is 2.74. The molecule has 1 fully saturated rings. The third kappa shape index (κ3) is 6.83. The summed E-state index contributed by atoms with van der Waals surface area (Å²) in [6, 6.07) is 15.1. The molecule has 8 nitrogen and oxygen atoms in total. The first-order chi connectivity index (χ1) is 17.8. The van der Waals surface area contributed by atoms with Gasteiger partial charge in [-0.2, -0.15) is 5.26 Å². The second-order valence-electron chi connectivity index (χ2n) is 9.97. The van der Waals surface area contributed by atoms with E-state index in [-0.39, 0.29) is 31.6 Å². The molecular weight excluding hydrogens is 470 g/mol. The van der Waals surface area contributed by atoms with E-state index in [4.69, 9.17) is 9.47 Å². The van der Waals surface area contributed by atoms with Gasteiger partial charge in [0.25, 0.3) is 5.91 Å². The normalized spacial score (nSPS) is 24.7. The molecule has 1 saturated heterocycles. The van der Waals surface area contributed by atoms with Crippen molar-refractivity contribution in [2.45, 2.75) is 50.4 Å². The maximum Gasteiger partial charge on any atom is 0.311 e. The van der Waals surface area contributed by atoms with Gasteiger partial charge >= 0.3 is 5.97 Å². The van der Waals surface area contributed by atoms with Crippen LogP contribution >= 0.6 is 0 Å². The lowest BCUT2D eigenvalue weighted by atomic mass is 9.93. The number of rotatable bonds is 6. The summed E-state index contributed by atoms with van der Waals surface area (Å²) in [5, 5.41) is 25.6. The molecular formula is C29H33N3O5. The molecule has 37 heavy (non-hydrogen) atoms. The van der Waals surface area contributed by atoms with E-state index >= 15 is 0 Å². The Bertz CT molecular complexity index is 1190. The molecule has 2 aromatic carbocycles. The number of hydrogen-bond acceptors (Lipinski definition) is 7. The van der Waals surface area contributed by atoms with Crippen molar-refractivity contribution in [1.29, 1.82) is 5.26 Å². The van der Waals surface area contributed by atoms with Crippen LogP contribution in [0, 0.1) is 17.2 Å². The fraction of sp³-hybridized carbons (Fsp3) is 0.414. The van der Waals surface area contributed by atoms with Crippen molar-refractivity contribution in [3.05, 3.63) is 66.2 Å². The molecule has 8 heteroatoms. The van der Waals surface area contributed by atoms with E-state index in [9.17, 15) is 20.0 Å². The lowest BCUT2D eigenvalue weighted by Gasteiger charge is -2.21. The van der Waals surface area contributed by atoms with Crippen molar-refractivity contribution in [2.24, 2.45) is 5.92 Å². The quantitative estimate of drug-likeness (QED) is 0.315. The van der Waals surface area contributed by atoms with Crippen LogP contribution in [0.4, 0.5) is 0 Å². The van der Waals surface area contributed by atoms with Crippen LogP contribution in [-0.4, -0.2) is 54.4 Å². The topological polar surface area (TPSA) is 121 Å². The average Bonchev–Trinajstić information content (AvgIpc) is 3.09. The Morgan fingerprint density at radius 3 is 2.81 bits per heavy atom. The minimum atomic E-state index is -1.23. The summed E-state index contributed by atoms with van der Waals surface area (Å²) >= 11 is 0. The number of fused-ring (bicyclic) bond motifs is 1. The number of ether oxygens (including phenoxy) is 2. The fourth-order valence-corrected chi connectivity index (χ4v) is 4.54. The average molecular weight is 504 g/mol. The van der Waals surface area contributed by atoms with Gasteiger partial charge < -0.3 is 25.2 Å². The molecule has 2 heterocycles. The molecule has 2 aliphatic heterocycles. The molecule has 2 aromatic rings. The van der Waals surface area contributed by atoms with E-state index in [0.29, 0.717) is 18.6 Å². The molecule has 0 spiro atoms. The number of amides is 1. The molecule has 0 aromatic heterocycles. The Labute approximate surface area is 217 Å². The van der Waals surface area contributed by atoms with Crippen LogP contribution in [0.2, 0.25) is 0 Å². The predicted octanol–water partition coefficient (Wildman–Crippen LogP) is 2.69. The summed E-state index contributed by atoms with van der Waals surface area (Å²) in [7, 11) is 0. The van der Waals surface area contributed by atoms with E-state index < -0.39 is 23.7 Å². The van der Waals surface area contributed by atoms with Gasteiger partial charge in [-0.15, -0.1) is 6.58 Å². The first-order valence-corrected chi connectivity index (χ1v) is 12.6. The van der Waals surface area contributed by atoms with Crippen LogP contribution in [0.5, 0.6) is 5.75 Å². The van der Waals surface area contributed by atoms with Crippen LogP contribution in [0.1, 0.15) is 30.9 Å². The van der Waals surface area contributed by atoms with Crippen molar-refractivity contribution < 1.29 is 24.2 Å². The van der Waals surface area contributed by atoms with Gasteiger partial charge in [0.15, 0.2) is 0 Å².